The summed E-state index contributed by atoms with van der Waals surface area (Å²) in [5.74, 6) is -1.03. The molecule has 0 amide bonds. The highest BCUT2D eigenvalue weighted by Crippen LogP contribution is 2.29. The molecule has 3 rings (SSSR count). The standard InChI is InChI=1S/C16H14FNO2/c1-10-9-18(13-5-3-12(17)4-6-13)15-7-2-11(16(19)20)8-14(10)15/h2-3,5,7-9H,4,6H2,1H3,(H,19,20). The topological polar surface area (TPSA) is 42.2 Å². The van der Waals surface area contributed by atoms with Crippen molar-refractivity contribution in [3.63, 3.8) is 0 Å². The van der Waals surface area contributed by atoms with Crippen molar-refractivity contribution in [2.45, 2.75) is 19.8 Å². The first-order valence-corrected chi connectivity index (χ1v) is 6.47. The molecule has 1 aromatic carbocycles. The lowest BCUT2D eigenvalue weighted by Gasteiger charge is -2.13. The summed E-state index contributed by atoms with van der Waals surface area (Å²) in [6.45, 7) is 1.95. The van der Waals surface area contributed by atoms with E-state index in [2.05, 4.69) is 0 Å². The molecule has 1 N–H and O–H groups in total. The fourth-order valence-corrected chi connectivity index (χ4v) is 2.57. The molecule has 4 heteroatoms. The summed E-state index contributed by atoms with van der Waals surface area (Å²) in [4.78, 5) is 11.0. The maximum atomic E-state index is 13.1. The van der Waals surface area contributed by atoms with E-state index in [1.807, 2.05) is 17.7 Å². The summed E-state index contributed by atoms with van der Waals surface area (Å²) in [7, 11) is 0. The fourth-order valence-electron chi connectivity index (χ4n) is 2.57. The summed E-state index contributed by atoms with van der Waals surface area (Å²) in [6.07, 6.45) is 6.30. The van der Waals surface area contributed by atoms with Gasteiger partial charge in [0, 0.05) is 23.7 Å². The van der Waals surface area contributed by atoms with Gasteiger partial charge in [-0.1, -0.05) is 0 Å². The second-order valence-corrected chi connectivity index (χ2v) is 4.99. The number of carbonyl (C=O) groups is 1. The number of carboxylic acids is 1. The molecule has 3 nitrogen and oxygen atoms in total. The SMILES string of the molecule is Cc1cn(C2=CC=C(F)CC2)c2ccc(C(=O)O)cc12. The first-order valence-electron chi connectivity index (χ1n) is 6.47. The van der Waals surface area contributed by atoms with Gasteiger partial charge in [0.1, 0.15) is 5.83 Å². The van der Waals surface area contributed by atoms with Crippen molar-refractivity contribution in [2.24, 2.45) is 0 Å². The van der Waals surface area contributed by atoms with Crippen molar-refractivity contribution in [3.05, 3.63) is 53.5 Å². The number of hydrogen-bond donors (Lipinski definition) is 1. The molecule has 0 aliphatic heterocycles. The lowest BCUT2D eigenvalue weighted by atomic mass is 10.1. The maximum absolute atomic E-state index is 13.1. The Morgan fingerprint density at radius 1 is 1.30 bits per heavy atom. The molecule has 1 aliphatic rings. The van der Waals surface area contributed by atoms with Crippen molar-refractivity contribution >= 4 is 22.6 Å². The van der Waals surface area contributed by atoms with Crippen molar-refractivity contribution in [3.8, 4) is 0 Å². The van der Waals surface area contributed by atoms with Gasteiger partial charge in [0.2, 0.25) is 0 Å². The van der Waals surface area contributed by atoms with Crippen LogP contribution in [-0.4, -0.2) is 15.6 Å². The van der Waals surface area contributed by atoms with Gasteiger partial charge in [-0.2, -0.15) is 0 Å². The molecule has 102 valence electrons. The smallest absolute Gasteiger partial charge is 0.335 e. The Bertz CT molecular complexity index is 768. The van der Waals surface area contributed by atoms with Gasteiger partial charge >= 0.3 is 5.97 Å². The number of carboxylic acid groups (broad SMARTS) is 1. The minimum atomic E-state index is -0.930. The molecule has 0 spiro atoms. The molecule has 20 heavy (non-hydrogen) atoms. The third kappa shape index (κ3) is 2.03. The van der Waals surface area contributed by atoms with Gasteiger partial charge in [0.15, 0.2) is 0 Å². The molecule has 0 unspecified atom stereocenters. The van der Waals surface area contributed by atoms with E-state index in [1.165, 1.54) is 6.08 Å². The van der Waals surface area contributed by atoms with Crippen molar-refractivity contribution in [2.75, 3.05) is 0 Å². The van der Waals surface area contributed by atoms with Crippen LogP contribution >= 0.6 is 0 Å². The van der Waals surface area contributed by atoms with Gasteiger partial charge in [-0.25, -0.2) is 9.18 Å². The number of aromatic nitrogens is 1. The highest BCUT2D eigenvalue weighted by molar-refractivity contribution is 5.95. The van der Waals surface area contributed by atoms with E-state index in [1.54, 1.807) is 24.3 Å². The van der Waals surface area contributed by atoms with Crippen LogP contribution < -0.4 is 0 Å². The van der Waals surface area contributed by atoms with Crippen molar-refractivity contribution in [1.82, 2.24) is 4.57 Å². The zero-order valence-corrected chi connectivity index (χ0v) is 11.1. The first kappa shape index (κ1) is 12.7. The molecular formula is C16H14FNO2. The average molecular weight is 271 g/mol. The van der Waals surface area contributed by atoms with Crippen LogP contribution in [0.4, 0.5) is 4.39 Å². The molecular weight excluding hydrogens is 257 g/mol. The number of aromatic carboxylic acids is 1. The normalized spacial score (nSPS) is 15.1. The summed E-state index contributed by atoms with van der Waals surface area (Å²) >= 11 is 0. The second kappa shape index (κ2) is 4.63. The van der Waals surface area contributed by atoms with Crippen LogP contribution in [0, 0.1) is 6.92 Å². The molecule has 0 saturated carbocycles. The van der Waals surface area contributed by atoms with E-state index in [9.17, 15) is 9.18 Å². The molecule has 1 heterocycles. The van der Waals surface area contributed by atoms with E-state index in [-0.39, 0.29) is 11.4 Å². The van der Waals surface area contributed by atoms with Crippen LogP contribution in [0.2, 0.25) is 0 Å². The van der Waals surface area contributed by atoms with Gasteiger partial charge in [0.25, 0.3) is 0 Å². The fraction of sp³-hybridized carbons (Fsp3) is 0.188. The number of benzene rings is 1. The molecule has 1 aromatic heterocycles. The summed E-state index contributed by atoms with van der Waals surface area (Å²) in [5.41, 5.74) is 3.27. The number of nitrogens with zero attached hydrogens (tertiary/aromatic N) is 1. The number of allylic oxidation sites excluding steroid dienone is 4. The van der Waals surface area contributed by atoms with Gasteiger partial charge < -0.3 is 9.67 Å². The van der Waals surface area contributed by atoms with Crippen LogP contribution in [0.3, 0.4) is 0 Å². The van der Waals surface area contributed by atoms with Gasteiger partial charge in [0.05, 0.1) is 11.1 Å². The summed E-state index contributed by atoms with van der Waals surface area (Å²) in [5, 5.41) is 9.97. The first-order chi connectivity index (χ1) is 9.56. The minimum absolute atomic E-state index is 0.102. The van der Waals surface area contributed by atoms with Crippen LogP contribution in [0.15, 0.2) is 42.4 Å². The number of fused-ring (bicyclic) bond motifs is 1. The van der Waals surface area contributed by atoms with Gasteiger partial charge in [-0.05, 0) is 49.3 Å². The largest absolute Gasteiger partial charge is 0.478 e. The molecule has 1 aliphatic carbocycles. The number of halogens is 1. The van der Waals surface area contributed by atoms with Gasteiger partial charge in [-0.3, -0.25) is 0 Å². The maximum Gasteiger partial charge on any atom is 0.335 e. The predicted octanol–water partition coefficient (Wildman–Crippen LogP) is 4.14. The van der Waals surface area contributed by atoms with Crippen molar-refractivity contribution < 1.29 is 14.3 Å². The number of aryl methyl sites for hydroxylation is 1. The number of rotatable bonds is 2. The second-order valence-electron chi connectivity index (χ2n) is 4.99. The third-order valence-corrected chi connectivity index (χ3v) is 3.64. The van der Waals surface area contributed by atoms with Crippen LogP contribution in [0.5, 0.6) is 0 Å². The Morgan fingerprint density at radius 3 is 2.75 bits per heavy atom. The predicted molar refractivity (Wildman–Crippen MR) is 76.3 cm³/mol. The highest BCUT2D eigenvalue weighted by atomic mass is 19.1. The molecule has 0 atom stereocenters. The molecule has 2 aromatic rings. The highest BCUT2D eigenvalue weighted by Gasteiger charge is 2.13. The molecule has 0 radical (unpaired) electrons. The summed E-state index contributed by atoms with van der Waals surface area (Å²) in [6, 6.07) is 5.09. The van der Waals surface area contributed by atoms with Crippen LogP contribution in [0.1, 0.15) is 28.8 Å². The van der Waals surface area contributed by atoms with E-state index in [4.69, 9.17) is 5.11 Å². The Morgan fingerprint density at radius 2 is 2.10 bits per heavy atom. The minimum Gasteiger partial charge on any atom is -0.478 e. The van der Waals surface area contributed by atoms with Crippen molar-refractivity contribution in [1.29, 1.82) is 0 Å². The quantitative estimate of drug-likeness (QED) is 0.892. The Hall–Kier alpha value is -2.36. The van der Waals surface area contributed by atoms with E-state index < -0.39 is 5.97 Å². The third-order valence-electron chi connectivity index (χ3n) is 3.64. The zero-order valence-electron chi connectivity index (χ0n) is 11.1. The van der Waals surface area contributed by atoms with Gasteiger partial charge in [-0.15, -0.1) is 0 Å². The van der Waals surface area contributed by atoms with Crippen LogP contribution in [0.25, 0.3) is 16.6 Å². The lowest BCUT2D eigenvalue weighted by molar-refractivity contribution is 0.0697. The zero-order chi connectivity index (χ0) is 14.3. The lowest BCUT2D eigenvalue weighted by Crippen LogP contribution is -1.99. The monoisotopic (exact) mass is 271 g/mol. The molecule has 0 fully saturated rings. The molecule has 0 saturated heterocycles. The van der Waals surface area contributed by atoms with E-state index in [0.717, 1.165) is 22.2 Å². The van der Waals surface area contributed by atoms with E-state index in [0.29, 0.717) is 12.8 Å². The number of hydrogen-bond acceptors (Lipinski definition) is 1. The van der Waals surface area contributed by atoms with E-state index >= 15 is 0 Å². The summed E-state index contributed by atoms with van der Waals surface area (Å²) < 4.78 is 15.1. The van der Waals surface area contributed by atoms with Crippen LogP contribution in [-0.2, 0) is 0 Å². The Balaban J connectivity index is 2.16. The molecule has 0 bridgehead atoms. The Kier molecular flexibility index (Phi) is 2.93. The average Bonchev–Trinajstić information content (AvgIpc) is 2.76. The Labute approximate surface area is 115 Å².